The minimum Gasteiger partial charge on any atom is -0.381 e. The lowest BCUT2D eigenvalue weighted by molar-refractivity contribution is 0.156. The van der Waals surface area contributed by atoms with Gasteiger partial charge < -0.3 is 19.9 Å². The summed E-state index contributed by atoms with van der Waals surface area (Å²) in [6.07, 6.45) is 6.62. The Morgan fingerprint density at radius 2 is 2.27 bits per heavy atom. The summed E-state index contributed by atoms with van der Waals surface area (Å²) in [4.78, 5) is 10.4. The largest absolute Gasteiger partial charge is 0.381 e. The van der Waals surface area contributed by atoms with Crippen LogP contribution in [0.15, 0.2) is 29.4 Å². The third-order valence-electron chi connectivity index (χ3n) is 6.08. The molecule has 26 heavy (non-hydrogen) atoms. The van der Waals surface area contributed by atoms with Gasteiger partial charge in [-0.15, -0.1) is 0 Å². The van der Waals surface area contributed by atoms with E-state index in [0.29, 0.717) is 5.41 Å². The molecule has 2 aromatic rings. The van der Waals surface area contributed by atoms with Gasteiger partial charge in [0.2, 0.25) is 0 Å². The molecule has 2 aliphatic rings. The summed E-state index contributed by atoms with van der Waals surface area (Å²) < 4.78 is 5.64. The molecule has 1 aromatic heterocycles. The second-order valence-corrected chi connectivity index (χ2v) is 7.71. The highest BCUT2D eigenvalue weighted by molar-refractivity contribution is 5.86. The highest BCUT2D eigenvalue weighted by Gasteiger charge is 2.42. The number of guanidine groups is 1. The maximum atomic E-state index is 5.64. The number of benzene rings is 1. The number of aliphatic imine (C=N–C) groups is 1. The van der Waals surface area contributed by atoms with Crippen LogP contribution in [0.2, 0.25) is 0 Å². The molecule has 4 rings (SSSR count). The quantitative estimate of drug-likeness (QED) is 0.656. The van der Waals surface area contributed by atoms with Crippen molar-refractivity contribution in [1.29, 1.82) is 0 Å². The molecule has 5 nitrogen and oxygen atoms in total. The summed E-state index contributed by atoms with van der Waals surface area (Å²) in [7, 11) is 1.89. The predicted octanol–water partition coefficient (Wildman–Crippen LogP) is 2.96. The molecule has 140 valence electrons. The van der Waals surface area contributed by atoms with E-state index in [2.05, 4.69) is 51.5 Å². The molecule has 0 bridgehead atoms. The molecule has 1 unspecified atom stereocenters. The van der Waals surface area contributed by atoms with Crippen LogP contribution in [0.25, 0.3) is 10.9 Å². The van der Waals surface area contributed by atoms with Crippen LogP contribution in [-0.4, -0.2) is 55.7 Å². The van der Waals surface area contributed by atoms with Gasteiger partial charge in [-0.1, -0.05) is 25.1 Å². The van der Waals surface area contributed by atoms with Gasteiger partial charge in [-0.3, -0.25) is 4.99 Å². The number of aromatic nitrogens is 1. The van der Waals surface area contributed by atoms with E-state index in [1.54, 1.807) is 0 Å². The van der Waals surface area contributed by atoms with Gasteiger partial charge in [0.15, 0.2) is 5.96 Å². The Kier molecular flexibility index (Phi) is 4.90. The predicted molar refractivity (Wildman–Crippen MR) is 107 cm³/mol. The number of fused-ring (bicyclic) bond motifs is 1. The Labute approximate surface area is 155 Å². The van der Waals surface area contributed by atoms with Gasteiger partial charge >= 0.3 is 0 Å². The lowest BCUT2D eigenvalue weighted by Gasteiger charge is -2.24. The maximum absolute atomic E-state index is 5.64. The SMILES string of the molecule is CCc1cccc2c(CCNC(=NC)N3CCC4(CCOC4)C3)c[nH]c12. The van der Waals surface area contributed by atoms with Crippen LogP contribution in [0, 0.1) is 5.41 Å². The number of nitrogens with zero attached hydrogens (tertiary/aromatic N) is 2. The Balaban J connectivity index is 1.37. The number of nitrogens with one attached hydrogen (secondary N) is 2. The van der Waals surface area contributed by atoms with Crippen molar-refractivity contribution in [3.63, 3.8) is 0 Å². The van der Waals surface area contributed by atoms with Gasteiger partial charge in [0.1, 0.15) is 0 Å². The summed E-state index contributed by atoms with van der Waals surface area (Å²) in [5, 5.41) is 4.92. The van der Waals surface area contributed by atoms with Crippen LogP contribution in [-0.2, 0) is 17.6 Å². The first-order valence-corrected chi connectivity index (χ1v) is 9.86. The van der Waals surface area contributed by atoms with Gasteiger partial charge in [-0.05, 0) is 36.8 Å². The maximum Gasteiger partial charge on any atom is 0.193 e. The first-order chi connectivity index (χ1) is 12.7. The molecule has 2 N–H and O–H groups in total. The van der Waals surface area contributed by atoms with Crippen molar-refractivity contribution in [1.82, 2.24) is 15.2 Å². The number of aryl methyl sites for hydroxylation is 1. The summed E-state index contributed by atoms with van der Waals surface area (Å²) in [5.74, 6) is 1.03. The van der Waals surface area contributed by atoms with Crippen LogP contribution < -0.4 is 5.32 Å². The number of hydrogen-bond donors (Lipinski definition) is 2. The van der Waals surface area contributed by atoms with Crippen molar-refractivity contribution in [3.8, 4) is 0 Å². The zero-order valence-electron chi connectivity index (χ0n) is 16.0. The van der Waals surface area contributed by atoms with Gasteiger partial charge in [0, 0.05) is 55.8 Å². The van der Waals surface area contributed by atoms with E-state index in [9.17, 15) is 0 Å². The smallest absolute Gasteiger partial charge is 0.193 e. The van der Waals surface area contributed by atoms with E-state index in [4.69, 9.17) is 4.74 Å². The molecule has 2 fully saturated rings. The Bertz CT molecular complexity index is 788. The molecule has 2 saturated heterocycles. The summed E-state index contributed by atoms with van der Waals surface area (Å²) in [5.41, 5.74) is 4.42. The molecule has 0 amide bonds. The standard InChI is InChI=1S/C21H30N4O/c1-3-16-5-4-6-18-17(13-24-19(16)18)7-10-23-20(22-2)25-11-8-21(14-25)9-12-26-15-21/h4-6,13,24H,3,7-12,14-15H2,1-2H3,(H,22,23). The van der Waals surface area contributed by atoms with E-state index < -0.39 is 0 Å². The van der Waals surface area contributed by atoms with E-state index in [-0.39, 0.29) is 0 Å². The van der Waals surface area contributed by atoms with Crippen LogP contribution in [0.5, 0.6) is 0 Å². The number of likely N-dealkylation sites (tertiary alicyclic amines) is 1. The van der Waals surface area contributed by atoms with Crippen LogP contribution in [0.1, 0.15) is 30.9 Å². The number of hydrogen-bond acceptors (Lipinski definition) is 2. The fraction of sp³-hybridized carbons (Fsp3) is 0.571. The molecular formula is C21H30N4O. The minimum absolute atomic E-state index is 0.366. The molecule has 0 saturated carbocycles. The average Bonchev–Trinajstić information content (AvgIpc) is 3.40. The zero-order valence-corrected chi connectivity index (χ0v) is 16.0. The van der Waals surface area contributed by atoms with Crippen LogP contribution in [0.4, 0.5) is 0 Å². The molecular weight excluding hydrogens is 324 g/mol. The zero-order chi connectivity index (χ0) is 18.0. The number of para-hydroxylation sites is 1. The fourth-order valence-electron chi connectivity index (χ4n) is 4.51. The van der Waals surface area contributed by atoms with E-state index in [1.165, 1.54) is 34.9 Å². The van der Waals surface area contributed by atoms with E-state index in [0.717, 1.165) is 51.6 Å². The number of ether oxygens (including phenoxy) is 1. The van der Waals surface area contributed by atoms with Gasteiger partial charge in [-0.2, -0.15) is 0 Å². The molecule has 0 radical (unpaired) electrons. The fourth-order valence-corrected chi connectivity index (χ4v) is 4.51. The first kappa shape index (κ1) is 17.4. The summed E-state index contributed by atoms with van der Waals surface area (Å²) >= 11 is 0. The van der Waals surface area contributed by atoms with Gasteiger partial charge in [0.25, 0.3) is 0 Å². The highest BCUT2D eigenvalue weighted by atomic mass is 16.5. The molecule has 1 aromatic carbocycles. The van der Waals surface area contributed by atoms with Crippen molar-refractivity contribution in [2.24, 2.45) is 10.4 Å². The third kappa shape index (κ3) is 3.20. The third-order valence-corrected chi connectivity index (χ3v) is 6.08. The highest BCUT2D eigenvalue weighted by Crippen LogP contribution is 2.38. The number of rotatable bonds is 4. The normalized spacial score (nSPS) is 23.5. The van der Waals surface area contributed by atoms with Gasteiger partial charge in [0.05, 0.1) is 6.61 Å². The molecule has 3 heterocycles. The van der Waals surface area contributed by atoms with Crippen molar-refractivity contribution in [2.75, 3.05) is 39.9 Å². The number of H-pyrrole nitrogens is 1. The van der Waals surface area contributed by atoms with Crippen molar-refractivity contribution < 1.29 is 4.74 Å². The van der Waals surface area contributed by atoms with E-state index >= 15 is 0 Å². The molecule has 2 aliphatic heterocycles. The Hall–Kier alpha value is -2.01. The van der Waals surface area contributed by atoms with Crippen molar-refractivity contribution >= 4 is 16.9 Å². The van der Waals surface area contributed by atoms with Crippen molar-refractivity contribution in [2.45, 2.75) is 32.6 Å². The van der Waals surface area contributed by atoms with Crippen molar-refractivity contribution in [3.05, 3.63) is 35.5 Å². The van der Waals surface area contributed by atoms with E-state index in [1.807, 2.05) is 7.05 Å². The Morgan fingerprint density at radius 1 is 1.35 bits per heavy atom. The minimum atomic E-state index is 0.366. The second kappa shape index (κ2) is 7.31. The molecule has 5 heteroatoms. The van der Waals surface area contributed by atoms with Gasteiger partial charge in [-0.25, -0.2) is 0 Å². The molecule has 0 aliphatic carbocycles. The lowest BCUT2D eigenvalue weighted by Crippen LogP contribution is -2.42. The Morgan fingerprint density at radius 3 is 3.04 bits per heavy atom. The van der Waals surface area contributed by atoms with Crippen LogP contribution in [0.3, 0.4) is 0 Å². The number of aromatic amines is 1. The summed E-state index contributed by atoms with van der Waals surface area (Å²) in [6.45, 7) is 7.08. The van der Waals surface area contributed by atoms with Crippen LogP contribution >= 0.6 is 0 Å². The monoisotopic (exact) mass is 354 g/mol. The topological polar surface area (TPSA) is 52.6 Å². The molecule has 1 spiro atoms. The second-order valence-electron chi connectivity index (χ2n) is 7.71. The first-order valence-electron chi connectivity index (χ1n) is 9.86. The summed E-state index contributed by atoms with van der Waals surface area (Å²) in [6, 6.07) is 6.59. The average molecular weight is 354 g/mol. The molecule has 1 atom stereocenters. The lowest BCUT2D eigenvalue weighted by atomic mass is 9.87.